The predicted molar refractivity (Wildman–Crippen MR) is 66.2 cm³/mol. The van der Waals surface area contributed by atoms with Gasteiger partial charge in [0.05, 0.1) is 6.54 Å². The second-order valence-electron chi connectivity index (χ2n) is 5.92. The van der Waals surface area contributed by atoms with Crippen LogP contribution in [0.3, 0.4) is 0 Å². The molecule has 2 rings (SSSR count). The number of hydrogen-bond acceptors (Lipinski definition) is 4. The van der Waals surface area contributed by atoms with Crippen molar-refractivity contribution in [2.75, 3.05) is 26.2 Å². The molecule has 0 aliphatic carbocycles. The molecule has 0 saturated carbocycles. The lowest BCUT2D eigenvalue weighted by molar-refractivity contribution is -0.126. The number of rotatable bonds is 0. The molecule has 1 spiro atoms. The van der Waals surface area contributed by atoms with Crippen LogP contribution in [0.2, 0.25) is 0 Å². The average molecular weight is 255 g/mol. The molecule has 2 heterocycles. The van der Waals surface area contributed by atoms with Gasteiger partial charge in [-0.05, 0) is 27.2 Å². The van der Waals surface area contributed by atoms with Crippen LogP contribution in [0.15, 0.2) is 0 Å². The van der Waals surface area contributed by atoms with Gasteiger partial charge in [-0.1, -0.05) is 0 Å². The number of carbonyl (C=O) groups excluding carboxylic acids is 2. The van der Waals surface area contributed by atoms with E-state index in [2.05, 4.69) is 10.6 Å². The van der Waals surface area contributed by atoms with Gasteiger partial charge in [0.25, 0.3) is 0 Å². The van der Waals surface area contributed by atoms with Crippen LogP contribution in [0.1, 0.15) is 27.2 Å². The molecule has 2 amide bonds. The van der Waals surface area contributed by atoms with Crippen molar-refractivity contribution in [1.29, 1.82) is 0 Å². The standard InChI is InChI=1S/C12H21N3O3/c1-11(2,3)18-10(17)15-7-6-14-12(8-15)4-5-13-9(12)16/h14H,4-8H2,1-3H3,(H,13,16). The van der Waals surface area contributed by atoms with E-state index in [1.807, 2.05) is 20.8 Å². The molecule has 0 aromatic rings. The van der Waals surface area contributed by atoms with Crippen molar-refractivity contribution in [2.24, 2.45) is 0 Å². The smallest absolute Gasteiger partial charge is 0.410 e. The average Bonchev–Trinajstić information content (AvgIpc) is 2.58. The van der Waals surface area contributed by atoms with E-state index in [1.165, 1.54) is 0 Å². The maximum atomic E-state index is 12.0. The van der Waals surface area contributed by atoms with E-state index in [9.17, 15) is 9.59 Å². The highest BCUT2D eigenvalue weighted by molar-refractivity contribution is 5.89. The third-order valence-corrected chi connectivity index (χ3v) is 3.23. The monoisotopic (exact) mass is 255 g/mol. The van der Waals surface area contributed by atoms with Gasteiger partial charge in [0.1, 0.15) is 11.1 Å². The van der Waals surface area contributed by atoms with Crippen LogP contribution in [0, 0.1) is 0 Å². The summed E-state index contributed by atoms with van der Waals surface area (Å²) in [5.74, 6) is -0.0178. The Morgan fingerprint density at radius 2 is 2.11 bits per heavy atom. The zero-order valence-electron chi connectivity index (χ0n) is 11.2. The van der Waals surface area contributed by atoms with Gasteiger partial charge in [0, 0.05) is 19.6 Å². The van der Waals surface area contributed by atoms with Crippen molar-refractivity contribution in [3.63, 3.8) is 0 Å². The third-order valence-electron chi connectivity index (χ3n) is 3.23. The molecular formula is C12H21N3O3. The molecule has 2 fully saturated rings. The Morgan fingerprint density at radius 3 is 2.67 bits per heavy atom. The van der Waals surface area contributed by atoms with Gasteiger partial charge >= 0.3 is 6.09 Å². The van der Waals surface area contributed by atoms with Crippen molar-refractivity contribution in [1.82, 2.24) is 15.5 Å². The molecule has 6 nitrogen and oxygen atoms in total. The number of amides is 2. The van der Waals surface area contributed by atoms with E-state index < -0.39 is 11.1 Å². The fraction of sp³-hybridized carbons (Fsp3) is 0.833. The van der Waals surface area contributed by atoms with Crippen molar-refractivity contribution in [3.05, 3.63) is 0 Å². The number of hydrogen-bond donors (Lipinski definition) is 2. The summed E-state index contributed by atoms with van der Waals surface area (Å²) in [5, 5.41) is 6.04. The Kier molecular flexibility index (Phi) is 3.23. The lowest BCUT2D eigenvalue weighted by Crippen LogP contribution is -2.65. The van der Waals surface area contributed by atoms with E-state index in [4.69, 9.17) is 4.74 Å². The van der Waals surface area contributed by atoms with Gasteiger partial charge in [0.2, 0.25) is 5.91 Å². The van der Waals surface area contributed by atoms with Crippen LogP contribution in [-0.2, 0) is 9.53 Å². The van der Waals surface area contributed by atoms with Crippen LogP contribution in [-0.4, -0.2) is 54.2 Å². The molecule has 2 saturated heterocycles. The Bertz CT molecular complexity index is 364. The molecule has 2 N–H and O–H groups in total. The fourth-order valence-electron chi connectivity index (χ4n) is 2.36. The lowest BCUT2D eigenvalue weighted by atomic mass is 9.95. The van der Waals surface area contributed by atoms with E-state index in [-0.39, 0.29) is 12.0 Å². The van der Waals surface area contributed by atoms with E-state index in [0.29, 0.717) is 32.6 Å². The molecule has 102 valence electrons. The highest BCUT2D eigenvalue weighted by Gasteiger charge is 2.46. The van der Waals surface area contributed by atoms with Crippen molar-refractivity contribution in [2.45, 2.75) is 38.3 Å². The van der Waals surface area contributed by atoms with Crippen molar-refractivity contribution >= 4 is 12.0 Å². The zero-order chi connectivity index (χ0) is 13.4. The van der Waals surface area contributed by atoms with Crippen molar-refractivity contribution in [3.8, 4) is 0 Å². The molecule has 2 aliphatic rings. The predicted octanol–water partition coefficient (Wildman–Crippen LogP) is 0.0854. The molecule has 18 heavy (non-hydrogen) atoms. The quantitative estimate of drug-likeness (QED) is 0.643. The zero-order valence-corrected chi connectivity index (χ0v) is 11.2. The Morgan fingerprint density at radius 1 is 1.39 bits per heavy atom. The lowest BCUT2D eigenvalue weighted by Gasteiger charge is -2.39. The van der Waals surface area contributed by atoms with Gasteiger partial charge < -0.3 is 20.3 Å². The second-order valence-corrected chi connectivity index (χ2v) is 5.92. The summed E-state index contributed by atoms with van der Waals surface area (Å²) in [6.07, 6.45) is 0.369. The molecule has 6 heteroatoms. The molecule has 1 atom stereocenters. The van der Waals surface area contributed by atoms with Crippen LogP contribution in [0.5, 0.6) is 0 Å². The highest BCUT2D eigenvalue weighted by atomic mass is 16.6. The van der Waals surface area contributed by atoms with E-state index in [0.717, 1.165) is 0 Å². The summed E-state index contributed by atoms with van der Waals surface area (Å²) in [5.41, 5.74) is -1.12. The summed E-state index contributed by atoms with van der Waals surface area (Å²) < 4.78 is 5.34. The maximum Gasteiger partial charge on any atom is 0.410 e. The fourth-order valence-corrected chi connectivity index (χ4v) is 2.36. The summed E-state index contributed by atoms with van der Waals surface area (Å²) in [6, 6.07) is 0. The second kappa shape index (κ2) is 4.42. The van der Waals surface area contributed by atoms with Crippen LogP contribution in [0.25, 0.3) is 0 Å². The number of nitrogens with one attached hydrogen (secondary N) is 2. The maximum absolute atomic E-state index is 12.0. The summed E-state index contributed by atoms with van der Waals surface area (Å²) in [6.45, 7) is 7.75. The van der Waals surface area contributed by atoms with Gasteiger partial charge in [-0.15, -0.1) is 0 Å². The highest BCUT2D eigenvalue weighted by Crippen LogP contribution is 2.22. The minimum atomic E-state index is -0.616. The topological polar surface area (TPSA) is 70.7 Å². The van der Waals surface area contributed by atoms with Gasteiger partial charge in [-0.3, -0.25) is 4.79 Å². The molecule has 2 aliphatic heterocycles. The van der Waals surface area contributed by atoms with E-state index >= 15 is 0 Å². The summed E-state index contributed by atoms with van der Waals surface area (Å²) in [4.78, 5) is 25.5. The first-order chi connectivity index (χ1) is 8.32. The van der Waals surface area contributed by atoms with Crippen molar-refractivity contribution < 1.29 is 14.3 Å². The molecule has 0 bridgehead atoms. The minimum absolute atomic E-state index is 0.0178. The molecule has 1 unspecified atom stereocenters. The first kappa shape index (κ1) is 13.1. The third kappa shape index (κ3) is 2.58. The number of ether oxygens (including phenoxy) is 1. The van der Waals surface area contributed by atoms with Gasteiger partial charge in [-0.25, -0.2) is 4.79 Å². The number of carbonyl (C=O) groups is 2. The number of nitrogens with zero attached hydrogens (tertiary/aromatic N) is 1. The van der Waals surface area contributed by atoms with Crippen LogP contribution < -0.4 is 10.6 Å². The molecular weight excluding hydrogens is 234 g/mol. The normalized spacial score (nSPS) is 28.4. The SMILES string of the molecule is CC(C)(C)OC(=O)N1CCNC2(CCNC2=O)C1. The molecule has 0 aromatic heterocycles. The van der Waals surface area contributed by atoms with E-state index in [1.54, 1.807) is 4.90 Å². The molecule has 0 aromatic carbocycles. The largest absolute Gasteiger partial charge is 0.444 e. The Labute approximate surface area is 107 Å². The van der Waals surface area contributed by atoms with Crippen LogP contribution >= 0.6 is 0 Å². The number of piperazine rings is 1. The minimum Gasteiger partial charge on any atom is -0.444 e. The Hall–Kier alpha value is -1.30. The van der Waals surface area contributed by atoms with Gasteiger partial charge in [0.15, 0.2) is 0 Å². The summed E-state index contributed by atoms with van der Waals surface area (Å²) in [7, 11) is 0. The van der Waals surface area contributed by atoms with Crippen LogP contribution in [0.4, 0.5) is 4.79 Å². The summed E-state index contributed by atoms with van der Waals surface area (Å²) >= 11 is 0. The first-order valence-electron chi connectivity index (χ1n) is 6.34. The Balaban J connectivity index is 2.03. The first-order valence-corrected chi connectivity index (χ1v) is 6.34. The van der Waals surface area contributed by atoms with Gasteiger partial charge in [-0.2, -0.15) is 0 Å². The molecule has 0 radical (unpaired) electrons.